The second-order valence-electron chi connectivity index (χ2n) is 4.57. The molecule has 1 nitrogen and oxygen atoms in total. The number of benzene rings is 2. The van der Waals surface area contributed by atoms with Crippen molar-refractivity contribution >= 4 is 22.6 Å². The van der Waals surface area contributed by atoms with Gasteiger partial charge in [0.25, 0.3) is 0 Å². The Hall–Kier alpha value is -1.01. The van der Waals surface area contributed by atoms with Crippen molar-refractivity contribution in [1.82, 2.24) is 5.32 Å². The summed E-state index contributed by atoms with van der Waals surface area (Å²) in [5.74, 6) is -1.07. The highest BCUT2D eigenvalue weighted by molar-refractivity contribution is 14.1. The second kappa shape index (κ2) is 7.13. The summed E-state index contributed by atoms with van der Waals surface area (Å²) in [6, 6.07) is 11.3. The van der Waals surface area contributed by atoms with Gasteiger partial charge < -0.3 is 5.32 Å². The Morgan fingerprint density at radius 1 is 1.10 bits per heavy atom. The summed E-state index contributed by atoms with van der Waals surface area (Å²) in [6.07, 6.45) is 0.947. The summed E-state index contributed by atoms with van der Waals surface area (Å²) < 4.78 is 28.2. The Morgan fingerprint density at radius 2 is 1.85 bits per heavy atom. The van der Waals surface area contributed by atoms with Crippen LogP contribution in [0.4, 0.5) is 8.78 Å². The van der Waals surface area contributed by atoms with E-state index in [1.807, 2.05) is 24.3 Å². The largest absolute Gasteiger partial charge is 0.306 e. The quantitative estimate of drug-likeness (QED) is 0.737. The van der Waals surface area contributed by atoms with E-state index in [0.717, 1.165) is 28.2 Å². The van der Waals surface area contributed by atoms with Gasteiger partial charge in [0.2, 0.25) is 0 Å². The molecule has 0 aliphatic rings. The molecule has 1 N–H and O–H groups in total. The van der Waals surface area contributed by atoms with E-state index < -0.39 is 11.6 Å². The van der Waals surface area contributed by atoms with Gasteiger partial charge in [-0.2, -0.15) is 0 Å². The number of rotatable bonds is 5. The summed E-state index contributed by atoms with van der Waals surface area (Å²) in [7, 11) is 0. The van der Waals surface area contributed by atoms with Crippen LogP contribution in [0.25, 0.3) is 0 Å². The van der Waals surface area contributed by atoms with Gasteiger partial charge in [0.05, 0.1) is 6.04 Å². The van der Waals surface area contributed by atoms with E-state index in [1.54, 1.807) is 0 Å². The normalized spacial score (nSPS) is 12.4. The SMILES string of the molecule is CCCNC(c1ccc(F)cc1F)c1ccccc1I. The van der Waals surface area contributed by atoms with Crippen molar-refractivity contribution in [3.63, 3.8) is 0 Å². The summed E-state index contributed by atoms with van der Waals surface area (Å²) >= 11 is 2.24. The van der Waals surface area contributed by atoms with E-state index in [9.17, 15) is 8.78 Å². The van der Waals surface area contributed by atoms with E-state index in [0.29, 0.717) is 5.56 Å². The zero-order valence-electron chi connectivity index (χ0n) is 11.2. The minimum absolute atomic E-state index is 0.261. The average Bonchev–Trinajstić information content (AvgIpc) is 2.42. The third-order valence-electron chi connectivity index (χ3n) is 3.09. The van der Waals surface area contributed by atoms with Gasteiger partial charge in [-0.3, -0.25) is 0 Å². The molecule has 0 amide bonds. The molecule has 2 aromatic rings. The van der Waals surface area contributed by atoms with Crippen LogP contribution in [0.5, 0.6) is 0 Å². The lowest BCUT2D eigenvalue weighted by molar-refractivity contribution is 0.532. The first-order chi connectivity index (χ1) is 9.63. The average molecular weight is 387 g/mol. The van der Waals surface area contributed by atoms with E-state index >= 15 is 0 Å². The predicted octanol–water partition coefficient (Wildman–Crippen LogP) is 4.66. The zero-order chi connectivity index (χ0) is 14.5. The molecule has 2 aromatic carbocycles. The van der Waals surface area contributed by atoms with Crippen molar-refractivity contribution in [3.05, 3.63) is 68.8 Å². The second-order valence-corrected chi connectivity index (χ2v) is 5.74. The maximum atomic E-state index is 14.1. The van der Waals surface area contributed by atoms with Crippen LogP contribution in [0.1, 0.15) is 30.5 Å². The van der Waals surface area contributed by atoms with Crippen LogP contribution in [0.2, 0.25) is 0 Å². The molecular formula is C16H16F2IN. The first kappa shape index (κ1) is 15.4. The lowest BCUT2D eigenvalue weighted by atomic mass is 9.98. The van der Waals surface area contributed by atoms with Gasteiger partial charge in [0.1, 0.15) is 11.6 Å². The van der Waals surface area contributed by atoms with Crippen LogP contribution >= 0.6 is 22.6 Å². The van der Waals surface area contributed by atoms with Crippen molar-refractivity contribution in [2.75, 3.05) is 6.54 Å². The van der Waals surface area contributed by atoms with Crippen molar-refractivity contribution < 1.29 is 8.78 Å². The maximum absolute atomic E-state index is 14.1. The summed E-state index contributed by atoms with van der Waals surface area (Å²) in [5.41, 5.74) is 1.48. The van der Waals surface area contributed by atoms with Crippen LogP contribution in [0, 0.1) is 15.2 Å². The van der Waals surface area contributed by atoms with Crippen LogP contribution in [-0.2, 0) is 0 Å². The van der Waals surface area contributed by atoms with Crippen LogP contribution in [0.15, 0.2) is 42.5 Å². The number of halogens is 3. The minimum Gasteiger partial charge on any atom is -0.306 e. The molecule has 20 heavy (non-hydrogen) atoms. The molecule has 4 heteroatoms. The fourth-order valence-corrected chi connectivity index (χ4v) is 2.82. The first-order valence-electron chi connectivity index (χ1n) is 6.56. The number of hydrogen-bond donors (Lipinski definition) is 1. The Labute approximate surface area is 131 Å². The Kier molecular flexibility index (Phi) is 5.48. The molecule has 0 radical (unpaired) electrons. The van der Waals surface area contributed by atoms with E-state index in [-0.39, 0.29) is 6.04 Å². The summed E-state index contributed by atoms with van der Waals surface area (Å²) in [4.78, 5) is 0. The Morgan fingerprint density at radius 3 is 2.50 bits per heavy atom. The van der Waals surface area contributed by atoms with E-state index in [4.69, 9.17) is 0 Å². The first-order valence-corrected chi connectivity index (χ1v) is 7.64. The molecule has 2 rings (SSSR count). The Bertz CT molecular complexity index is 586. The summed E-state index contributed by atoms with van der Waals surface area (Å²) in [5, 5.41) is 3.34. The molecule has 0 aliphatic heterocycles. The van der Waals surface area contributed by atoms with Gasteiger partial charge in [-0.25, -0.2) is 8.78 Å². The predicted molar refractivity (Wildman–Crippen MR) is 85.7 cm³/mol. The van der Waals surface area contributed by atoms with Gasteiger partial charge in [-0.1, -0.05) is 31.2 Å². The molecule has 0 aromatic heterocycles. The van der Waals surface area contributed by atoms with Gasteiger partial charge in [0, 0.05) is 15.2 Å². The molecule has 0 aliphatic carbocycles. The fraction of sp³-hybridized carbons (Fsp3) is 0.250. The Balaban J connectivity index is 2.44. The highest BCUT2D eigenvalue weighted by Crippen LogP contribution is 2.28. The topological polar surface area (TPSA) is 12.0 Å². The third-order valence-corrected chi connectivity index (χ3v) is 4.07. The van der Waals surface area contributed by atoms with Gasteiger partial charge in [-0.05, 0) is 53.3 Å². The standard InChI is InChI=1S/C16H16F2IN/c1-2-9-20-16(13-5-3-4-6-15(13)19)12-8-7-11(17)10-14(12)18/h3-8,10,16,20H,2,9H2,1H3. The molecule has 0 bridgehead atoms. The van der Waals surface area contributed by atoms with Crippen molar-refractivity contribution in [2.45, 2.75) is 19.4 Å². The maximum Gasteiger partial charge on any atom is 0.131 e. The van der Waals surface area contributed by atoms with Crippen LogP contribution in [0.3, 0.4) is 0 Å². The highest BCUT2D eigenvalue weighted by atomic mass is 127. The van der Waals surface area contributed by atoms with Crippen LogP contribution < -0.4 is 5.32 Å². The minimum atomic E-state index is -0.553. The monoisotopic (exact) mass is 387 g/mol. The van der Waals surface area contributed by atoms with E-state index in [2.05, 4.69) is 34.8 Å². The van der Waals surface area contributed by atoms with E-state index in [1.165, 1.54) is 12.1 Å². The number of nitrogens with one attached hydrogen (secondary N) is 1. The fourth-order valence-electron chi connectivity index (χ4n) is 2.12. The van der Waals surface area contributed by atoms with Gasteiger partial charge in [0.15, 0.2) is 0 Å². The molecule has 106 valence electrons. The molecule has 0 saturated heterocycles. The lowest BCUT2D eigenvalue weighted by Crippen LogP contribution is -2.25. The van der Waals surface area contributed by atoms with Crippen LogP contribution in [-0.4, -0.2) is 6.54 Å². The highest BCUT2D eigenvalue weighted by Gasteiger charge is 2.19. The van der Waals surface area contributed by atoms with Crippen molar-refractivity contribution in [2.24, 2.45) is 0 Å². The van der Waals surface area contributed by atoms with Gasteiger partial charge in [-0.15, -0.1) is 0 Å². The smallest absolute Gasteiger partial charge is 0.131 e. The molecule has 0 saturated carbocycles. The molecule has 0 spiro atoms. The van der Waals surface area contributed by atoms with Crippen molar-refractivity contribution in [3.8, 4) is 0 Å². The summed E-state index contributed by atoms with van der Waals surface area (Å²) in [6.45, 7) is 2.83. The molecular weight excluding hydrogens is 371 g/mol. The van der Waals surface area contributed by atoms with Gasteiger partial charge >= 0.3 is 0 Å². The molecule has 1 unspecified atom stereocenters. The lowest BCUT2D eigenvalue weighted by Gasteiger charge is -2.21. The third kappa shape index (κ3) is 3.55. The van der Waals surface area contributed by atoms with Crippen molar-refractivity contribution in [1.29, 1.82) is 0 Å². The molecule has 0 heterocycles. The molecule has 1 atom stereocenters. The zero-order valence-corrected chi connectivity index (χ0v) is 13.3. The number of hydrogen-bond acceptors (Lipinski definition) is 1. The molecule has 0 fully saturated rings.